The van der Waals surface area contributed by atoms with Gasteiger partial charge in [-0.25, -0.2) is 9.18 Å². The van der Waals surface area contributed by atoms with Crippen molar-refractivity contribution in [1.29, 1.82) is 0 Å². The summed E-state index contributed by atoms with van der Waals surface area (Å²) in [5.41, 5.74) is 7.12. The summed E-state index contributed by atoms with van der Waals surface area (Å²) in [5.74, 6) is -1.33. The van der Waals surface area contributed by atoms with E-state index in [1.807, 2.05) is 6.07 Å². The lowest BCUT2D eigenvalue weighted by molar-refractivity contribution is -0.136. The number of benzene rings is 2. The fourth-order valence-corrected chi connectivity index (χ4v) is 4.33. The van der Waals surface area contributed by atoms with Crippen LogP contribution in [0.1, 0.15) is 28.3 Å². The second-order valence-corrected chi connectivity index (χ2v) is 7.97. The number of ether oxygens (including phenoxy) is 4. The first-order valence-corrected chi connectivity index (χ1v) is 10.5. The minimum absolute atomic E-state index is 0.103. The molecule has 0 saturated heterocycles. The average molecular weight is 464 g/mol. The van der Waals surface area contributed by atoms with E-state index in [4.69, 9.17) is 24.7 Å². The van der Waals surface area contributed by atoms with Gasteiger partial charge in [0.15, 0.2) is 11.5 Å². The summed E-state index contributed by atoms with van der Waals surface area (Å²) in [6, 6.07) is 13.0. The van der Waals surface area contributed by atoms with Crippen LogP contribution in [0.3, 0.4) is 0 Å². The molecule has 5 rings (SSSR count). The number of carbonyl (C=O) groups is 1. The lowest BCUT2D eigenvalue weighted by atomic mass is 9.83. The molecule has 0 bridgehead atoms. The number of esters is 1. The zero-order chi connectivity index (χ0) is 24.0. The minimum Gasteiger partial charge on any atom is -0.465 e. The molecule has 8 nitrogen and oxygen atoms in total. The number of halogens is 1. The molecule has 3 heterocycles. The largest absolute Gasteiger partial charge is 0.465 e. The lowest BCUT2D eigenvalue weighted by Gasteiger charge is -2.29. The third-order valence-corrected chi connectivity index (χ3v) is 5.97. The van der Waals surface area contributed by atoms with Crippen molar-refractivity contribution in [3.8, 4) is 17.2 Å². The van der Waals surface area contributed by atoms with Crippen molar-refractivity contribution in [2.75, 3.05) is 13.9 Å². The molecule has 0 fully saturated rings. The van der Waals surface area contributed by atoms with Gasteiger partial charge in [0.2, 0.25) is 12.7 Å². The average Bonchev–Trinajstić information content (AvgIpc) is 3.29. The Morgan fingerprint density at radius 2 is 1.91 bits per heavy atom. The Balaban J connectivity index is 1.68. The summed E-state index contributed by atoms with van der Waals surface area (Å²) in [6.07, 6.45) is 0. The Morgan fingerprint density at radius 3 is 2.68 bits per heavy atom. The Bertz CT molecular complexity index is 1410. The summed E-state index contributed by atoms with van der Waals surface area (Å²) in [6.45, 7) is 2.11. The number of hydrogen-bond donors (Lipinski definition) is 1. The molecule has 174 valence electrons. The van der Waals surface area contributed by atoms with Crippen LogP contribution in [-0.2, 0) is 16.1 Å². The van der Waals surface area contributed by atoms with Crippen LogP contribution in [0.15, 0.2) is 64.8 Å². The van der Waals surface area contributed by atoms with Crippen LogP contribution in [0.25, 0.3) is 0 Å². The molecule has 3 aromatic rings. The molecule has 1 atom stereocenters. The number of nitrogens with two attached hydrogens (primary N) is 1. The first kappa shape index (κ1) is 21.6. The van der Waals surface area contributed by atoms with Crippen LogP contribution in [0.2, 0.25) is 0 Å². The quantitative estimate of drug-likeness (QED) is 0.593. The molecule has 1 unspecified atom stereocenters. The van der Waals surface area contributed by atoms with Gasteiger partial charge in [-0.15, -0.1) is 0 Å². The van der Waals surface area contributed by atoms with E-state index in [-0.39, 0.29) is 41.7 Å². The van der Waals surface area contributed by atoms with Crippen molar-refractivity contribution in [2.24, 2.45) is 5.73 Å². The standard InChI is InChI=1S/C25H21FN2O6/c1-13-9-19-21(24(29)28(13)11-14-7-8-17-18(10-14)33-12-32-17)20(15-5-3-4-6-16(15)26)22(23(27)34-19)25(30)31-2/h3-10,20H,11-12,27H2,1-2H3. The van der Waals surface area contributed by atoms with E-state index in [1.54, 1.807) is 31.2 Å². The number of fused-ring (bicyclic) bond motifs is 2. The number of aromatic nitrogens is 1. The first-order valence-electron chi connectivity index (χ1n) is 10.5. The summed E-state index contributed by atoms with van der Waals surface area (Å²) in [4.78, 5) is 26.5. The van der Waals surface area contributed by atoms with Gasteiger partial charge in [-0.3, -0.25) is 4.79 Å². The van der Waals surface area contributed by atoms with Crippen molar-refractivity contribution < 1.29 is 28.1 Å². The molecule has 0 radical (unpaired) electrons. The zero-order valence-electron chi connectivity index (χ0n) is 18.5. The number of carbonyl (C=O) groups excluding carboxylic acids is 1. The maximum absolute atomic E-state index is 14.9. The highest BCUT2D eigenvalue weighted by Crippen LogP contribution is 2.42. The Labute approximate surface area is 193 Å². The third-order valence-electron chi connectivity index (χ3n) is 5.97. The molecular formula is C25H21FN2O6. The van der Waals surface area contributed by atoms with Crippen molar-refractivity contribution in [2.45, 2.75) is 19.4 Å². The molecule has 0 saturated carbocycles. The third kappa shape index (κ3) is 3.45. The van der Waals surface area contributed by atoms with Gasteiger partial charge in [-0.2, -0.15) is 0 Å². The normalized spacial score (nSPS) is 16.1. The van der Waals surface area contributed by atoms with Crippen LogP contribution < -0.4 is 25.5 Å². The van der Waals surface area contributed by atoms with Crippen molar-refractivity contribution in [3.05, 3.63) is 98.5 Å². The fourth-order valence-electron chi connectivity index (χ4n) is 4.33. The zero-order valence-corrected chi connectivity index (χ0v) is 18.5. The summed E-state index contributed by atoms with van der Waals surface area (Å²) >= 11 is 0. The molecule has 2 aliphatic heterocycles. The number of hydrogen-bond acceptors (Lipinski definition) is 7. The van der Waals surface area contributed by atoms with Gasteiger partial charge in [0, 0.05) is 17.3 Å². The molecule has 34 heavy (non-hydrogen) atoms. The fraction of sp³-hybridized carbons (Fsp3) is 0.200. The summed E-state index contributed by atoms with van der Waals surface area (Å²) < 4.78 is 37.8. The SMILES string of the molecule is COC(=O)C1=C(N)Oc2cc(C)n(Cc3ccc4c(c3)OCO4)c(=O)c2C1c1ccccc1F. The highest BCUT2D eigenvalue weighted by Gasteiger charge is 2.39. The van der Waals surface area contributed by atoms with Gasteiger partial charge in [0.05, 0.1) is 25.1 Å². The smallest absolute Gasteiger partial charge is 0.340 e. The molecule has 9 heteroatoms. The van der Waals surface area contributed by atoms with Crippen LogP contribution in [0.4, 0.5) is 4.39 Å². The van der Waals surface area contributed by atoms with E-state index in [2.05, 4.69) is 0 Å². The highest BCUT2D eigenvalue weighted by atomic mass is 19.1. The van der Waals surface area contributed by atoms with Crippen molar-refractivity contribution in [3.63, 3.8) is 0 Å². The minimum atomic E-state index is -1.10. The summed E-state index contributed by atoms with van der Waals surface area (Å²) in [7, 11) is 1.18. The number of rotatable bonds is 4. The number of nitrogens with zero attached hydrogens (tertiary/aromatic N) is 1. The Morgan fingerprint density at radius 1 is 1.15 bits per heavy atom. The van der Waals surface area contributed by atoms with E-state index >= 15 is 0 Å². The topological polar surface area (TPSA) is 102 Å². The maximum atomic E-state index is 14.9. The van der Waals surface area contributed by atoms with Crippen LogP contribution in [0, 0.1) is 12.7 Å². The van der Waals surface area contributed by atoms with Gasteiger partial charge in [0.1, 0.15) is 17.1 Å². The second-order valence-electron chi connectivity index (χ2n) is 7.97. The van der Waals surface area contributed by atoms with E-state index < -0.39 is 23.3 Å². The van der Waals surface area contributed by atoms with E-state index in [0.29, 0.717) is 17.2 Å². The molecule has 2 aromatic carbocycles. The predicted octanol–water partition coefficient (Wildman–Crippen LogP) is 2.94. The van der Waals surface area contributed by atoms with Crippen LogP contribution in [0.5, 0.6) is 17.2 Å². The van der Waals surface area contributed by atoms with Gasteiger partial charge in [-0.05, 0) is 30.7 Å². The molecule has 2 aliphatic rings. The van der Waals surface area contributed by atoms with Crippen LogP contribution >= 0.6 is 0 Å². The molecule has 0 aliphatic carbocycles. The Kier molecular flexibility index (Phi) is 5.24. The van der Waals surface area contributed by atoms with Gasteiger partial charge in [0.25, 0.3) is 5.56 Å². The molecule has 1 aromatic heterocycles. The van der Waals surface area contributed by atoms with E-state index in [9.17, 15) is 14.0 Å². The highest BCUT2D eigenvalue weighted by molar-refractivity contribution is 5.92. The van der Waals surface area contributed by atoms with Gasteiger partial charge >= 0.3 is 5.97 Å². The first-order chi connectivity index (χ1) is 16.4. The van der Waals surface area contributed by atoms with Crippen molar-refractivity contribution in [1.82, 2.24) is 4.57 Å². The molecule has 2 N–H and O–H groups in total. The van der Waals surface area contributed by atoms with Crippen LogP contribution in [-0.4, -0.2) is 24.4 Å². The second kappa shape index (κ2) is 8.26. The lowest BCUT2D eigenvalue weighted by Crippen LogP contribution is -2.35. The van der Waals surface area contributed by atoms with E-state index in [0.717, 1.165) is 5.56 Å². The molecule has 0 spiro atoms. The number of pyridine rings is 1. The van der Waals surface area contributed by atoms with Gasteiger partial charge < -0.3 is 29.2 Å². The number of methoxy groups -OCH3 is 1. The van der Waals surface area contributed by atoms with Crippen molar-refractivity contribution >= 4 is 5.97 Å². The summed E-state index contributed by atoms with van der Waals surface area (Å²) in [5, 5.41) is 0. The van der Waals surface area contributed by atoms with Gasteiger partial charge in [-0.1, -0.05) is 24.3 Å². The monoisotopic (exact) mass is 464 g/mol. The predicted molar refractivity (Wildman–Crippen MR) is 119 cm³/mol. The molecule has 0 amide bonds. The molecular weight excluding hydrogens is 443 g/mol. The Hall–Kier alpha value is -4.27. The van der Waals surface area contributed by atoms with E-state index in [1.165, 1.54) is 29.9 Å². The maximum Gasteiger partial charge on any atom is 0.340 e. The number of aryl methyl sites for hydroxylation is 1.